The predicted molar refractivity (Wildman–Crippen MR) is 144 cm³/mol. The highest BCUT2D eigenvalue weighted by Gasteiger charge is 2.29. The van der Waals surface area contributed by atoms with Crippen molar-refractivity contribution in [3.05, 3.63) is 58.9 Å². The number of benzene rings is 2. The summed E-state index contributed by atoms with van der Waals surface area (Å²) in [6.45, 7) is 6.96. The highest BCUT2D eigenvalue weighted by atomic mass is 35.5. The molecule has 0 saturated heterocycles. The smallest absolute Gasteiger partial charge is 0.242 e. The van der Waals surface area contributed by atoms with Crippen LogP contribution in [-0.2, 0) is 26.2 Å². The summed E-state index contributed by atoms with van der Waals surface area (Å²) < 4.78 is 45.6. The standard InChI is InChI=1S/C26H35ClFN3O5S/c1-18(25(33)29-26(2,3)4)30(17-19-10-7-8-11-22(19)28)24(32)12-9-15-31(37(6,34)35)20-13-14-23(36-5)21(27)16-20/h7-8,10-11,13-14,16,18H,9,12,15,17H2,1-6H3,(H,29,33). The average molecular weight is 556 g/mol. The zero-order valence-corrected chi connectivity index (χ0v) is 23.6. The largest absolute Gasteiger partial charge is 0.495 e. The second kappa shape index (κ2) is 12.6. The van der Waals surface area contributed by atoms with E-state index in [1.807, 2.05) is 20.8 Å². The molecule has 1 N–H and O–H groups in total. The van der Waals surface area contributed by atoms with Gasteiger partial charge in [0.2, 0.25) is 21.8 Å². The van der Waals surface area contributed by atoms with Crippen molar-refractivity contribution < 1.29 is 27.1 Å². The van der Waals surface area contributed by atoms with Gasteiger partial charge in [0.05, 0.1) is 24.1 Å². The van der Waals surface area contributed by atoms with Crippen molar-refractivity contribution >= 4 is 39.1 Å². The topological polar surface area (TPSA) is 96.0 Å². The first-order chi connectivity index (χ1) is 17.1. The molecule has 0 saturated carbocycles. The van der Waals surface area contributed by atoms with Gasteiger partial charge in [0.1, 0.15) is 17.6 Å². The van der Waals surface area contributed by atoms with Crippen LogP contribution in [0.1, 0.15) is 46.1 Å². The number of carbonyl (C=O) groups is 2. The summed E-state index contributed by atoms with van der Waals surface area (Å²) >= 11 is 6.17. The van der Waals surface area contributed by atoms with E-state index in [9.17, 15) is 22.4 Å². The van der Waals surface area contributed by atoms with Crippen molar-refractivity contribution in [3.63, 3.8) is 0 Å². The number of hydrogen-bond donors (Lipinski definition) is 1. The van der Waals surface area contributed by atoms with Crippen molar-refractivity contribution in [2.75, 3.05) is 24.2 Å². The Bertz CT molecular complexity index is 1220. The molecule has 0 aliphatic heterocycles. The highest BCUT2D eigenvalue weighted by molar-refractivity contribution is 7.92. The van der Waals surface area contributed by atoms with Gasteiger partial charge in [-0.3, -0.25) is 13.9 Å². The fourth-order valence-electron chi connectivity index (χ4n) is 3.68. The van der Waals surface area contributed by atoms with Gasteiger partial charge in [-0.1, -0.05) is 29.8 Å². The van der Waals surface area contributed by atoms with Crippen LogP contribution in [0.4, 0.5) is 10.1 Å². The van der Waals surface area contributed by atoms with Crippen molar-refractivity contribution in [2.45, 2.75) is 58.7 Å². The van der Waals surface area contributed by atoms with Crippen molar-refractivity contribution in [1.29, 1.82) is 0 Å². The quantitative estimate of drug-likeness (QED) is 0.444. The van der Waals surface area contributed by atoms with Gasteiger partial charge in [0.25, 0.3) is 0 Å². The first-order valence-electron chi connectivity index (χ1n) is 11.8. The summed E-state index contributed by atoms with van der Waals surface area (Å²) in [5.74, 6) is -0.854. The Morgan fingerprint density at radius 1 is 1.16 bits per heavy atom. The Hall–Kier alpha value is -2.85. The SMILES string of the molecule is COc1ccc(N(CCCC(=O)N(Cc2ccccc2F)C(C)C(=O)NC(C)(C)C)S(C)(=O)=O)cc1Cl. The molecule has 0 aliphatic rings. The highest BCUT2D eigenvalue weighted by Crippen LogP contribution is 2.30. The lowest BCUT2D eigenvalue weighted by molar-refractivity contribution is -0.141. The number of nitrogens with zero attached hydrogens (tertiary/aromatic N) is 2. The number of sulfonamides is 1. The second-order valence-corrected chi connectivity index (χ2v) is 12.1. The lowest BCUT2D eigenvalue weighted by Gasteiger charge is -2.32. The fraction of sp³-hybridized carbons (Fsp3) is 0.462. The van der Waals surface area contributed by atoms with Gasteiger partial charge in [0, 0.05) is 30.6 Å². The Morgan fingerprint density at radius 2 is 1.81 bits per heavy atom. The number of hydrogen-bond acceptors (Lipinski definition) is 5. The number of rotatable bonds is 11. The third kappa shape index (κ3) is 8.89. The van der Waals surface area contributed by atoms with Crippen LogP contribution in [-0.4, -0.2) is 56.6 Å². The maximum Gasteiger partial charge on any atom is 0.242 e. The van der Waals surface area contributed by atoms with E-state index in [2.05, 4.69) is 5.32 Å². The molecule has 2 aromatic carbocycles. The van der Waals surface area contributed by atoms with Crippen molar-refractivity contribution in [2.24, 2.45) is 0 Å². The minimum Gasteiger partial charge on any atom is -0.495 e. The summed E-state index contributed by atoms with van der Waals surface area (Å²) in [4.78, 5) is 27.5. The molecule has 0 radical (unpaired) electrons. The zero-order chi connectivity index (χ0) is 28.0. The normalized spacial score (nSPS) is 12.5. The van der Waals surface area contributed by atoms with E-state index in [1.54, 1.807) is 37.3 Å². The lowest BCUT2D eigenvalue weighted by Crippen LogP contribution is -2.52. The average Bonchev–Trinajstić information content (AvgIpc) is 2.78. The molecule has 1 atom stereocenters. The summed E-state index contributed by atoms with van der Waals surface area (Å²) in [7, 11) is -2.23. The third-order valence-electron chi connectivity index (χ3n) is 5.54. The molecule has 0 aliphatic carbocycles. The molecular formula is C26H35ClFN3O5S. The summed E-state index contributed by atoms with van der Waals surface area (Å²) in [5, 5.41) is 3.10. The van der Waals surface area contributed by atoms with Gasteiger partial charge in [0.15, 0.2) is 0 Å². The molecule has 2 rings (SSSR count). The van der Waals surface area contributed by atoms with Crippen molar-refractivity contribution in [3.8, 4) is 5.75 Å². The van der Waals surface area contributed by atoms with Crippen LogP contribution >= 0.6 is 11.6 Å². The molecule has 11 heteroatoms. The van der Waals surface area contributed by atoms with Crippen LogP contribution in [0.2, 0.25) is 5.02 Å². The minimum absolute atomic E-state index is 0.00331. The number of anilines is 1. The van der Waals surface area contributed by atoms with E-state index in [4.69, 9.17) is 16.3 Å². The molecule has 0 aromatic heterocycles. The minimum atomic E-state index is -3.68. The van der Waals surface area contributed by atoms with Gasteiger partial charge in [-0.25, -0.2) is 12.8 Å². The van der Waals surface area contributed by atoms with E-state index < -0.39 is 33.3 Å². The van der Waals surface area contributed by atoms with Crippen LogP contribution in [0.15, 0.2) is 42.5 Å². The first-order valence-corrected chi connectivity index (χ1v) is 14.0. The number of methoxy groups -OCH3 is 1. The maximum atomic E-state index is 14.4. The third-order valence-corrected chi connectivity index (χ3v) is 7.03. The van der Waals surface area contributed by atoms with Gasteiger partial charge in [-0.15, -0.1) is 0 Å². The molecule has 2 amide bonds. The molecule has 8 nitrogen and oxygen atoms in total. The van der Waals surface area contributed by atoms with E-state index >= 15 is 0 Å². The van der Waals surface area contributed by atoms with Crippen LogP contribution in [0, 0.1) is 5.82 Å². The van der Waals surface area contributed by atoms with Crippen LogP contribution in [0.5, 0.6) is 5.75 Å². The Morgan fingerprint density at radius 3 is 2.35 bits per heavy atom. The van der Waals surface area contributed by atoms with Gasteiger partial charge < -0.3 is 15.0 Å². The Balaban J connectivity index is 2.22. The van der Waals surface area contributed by atoms with E-state index in [-0.39, 0.29) is 42.4 Å². The Labute approximate surface area is 223 Å². The molecule has 2 aromatic rings. The van der Waals surface area contributed by atoms with E-state index in [1.165, 1.54) is 24.1 Å². The number of ether oxygens (including phenoxy) is 1. The molecule has 37 heavy (non-hydrogen) atoms. The molecule has 0 heterocycles. The number of nitrogens with one attached hydrogen (secondary N) is 1. The summed E-state index contributed by atoms with van der Waals surface area (Å²) in [6.07, 6.45) is 1.17. The number of amides is 2. The zero-order valence-electron chi connectivity index (χ0n) is 22.0. The molecular weight excluding hydrogens is 521 g/mol. The van der Waals surface area contributed by atoms with Crippen LogP contribution in [0.25, 0.3) is 0 Å². The van der Waals surface area contributed by atoms with Gasteiger partial charge in [-0.2, -0.15) is 0 Å². The lowest BCUT2D eigenvalue weighted by atomic mass is 10.1. The number of halogens is 2. The second-order valence-electron chi connectivity index (χ2n) is 9.79. The van der Waals surface area contributed by atoms with Crippen molar-refractivity contribution in [1.82, 2.24) is 10.2 Å². The molecule has 0 bridgehead atoms. The van der Waals surface area contributed by atoms with Gasteiger partial charge in [-0.05, 0) is 58.4 Å². The molecule has 204 valence electrons. The van der Waals surface area contributed by atoms with E-state index in [0.29, 0.717) is 11.4 Å². The Kier molecular flexibility index (Phi) is 10.3. The number of carbonyl (C=O) groups excluding carboxylic acids is 2. The van der Waals surface area contributed by atoms with Gasteiger partial charge >= 0.3 is 0 Å². The molecule has 1 unspecified atom stereocenters. The first kappa shape index (κ1) is 30.4. The molecule has 0 spiro atoms. The molecule has 0 fully saturated rings. The summed E-state index contributed by atoms with van der Waals surface area (Å²) in [5.41, 5.74) is 0.0898. The maximum absolute atomic E-state index is 14.4. The van der Waals surface area contributed by atoms with E-state index in [0.717, 1.165) is 10.6 Å². The predicted octanol–water partition coefficient (Wildman–Crippen LogP) is 4.37. The summed E-state index contributed by atoms with van der Waals surface area (Å²) in [6, 6.07) is 9.79. The monoisotopic (exact) mass is 555 g/mol. The fourth-order valence-corrected chi connectivity index (χ4v) is 4.89. The van der Waals surface area contributed by atoms with Crippen LogP contribution < -0.4 is 14.4 Å². The van der Waals surface area contributed by atoms with Crippen LogP contribution in [0.3, 0.4) is 0 Å².